The van der Waals surface area contributed by atoms with Crippen molar-refractivity contribution in [1.29, 1.82) is 0 Å². The molecule has 0 bridgehead atoms. The molecule has 1 atom stereocenters. The predicted molar refractivity (Wildman–Crippen MR) is 94.7 cm³/mol. The van der Waals surface area contributed by atoms with Gasteiger partial charge in [-0.25, -0.2) is 9.69 Å². The number of cyclic esters (lactones) is 1. The van der Waals surface area contributed by atoms with Crippen LogP contribution in [-0.4, -0.2) is 29.5 Å². The largest absolute Gasteiger partial charge is 0.447 e. The average molecular weight is 334 g/mol. The third kappa shape index (κ3) is 5.66. The van der Waals surface area contributed by atoms with E-state index in [0.717, 1.165) is 29.7 Å². The summed E-state index contributed by atoms with van der Waals surface area (Å²) in [6.45, 7) is 2.27. The Hall–Kier alpha value is -1.84. The van der Waals surface area contributed by atoms with Gasteiger partial charge in [0.05, 0.1) is 6.04 Å². The second-order valence-electron chi connectivity index (χ2n) is 6.29. The first kappa shape index (κ1) is 15.7. The van der Waals surface area contributed by atoms with Crippen LogP contribution >= 0.6 is 0 Å². The molecule has 4 heteroatoms. The van der Waals surface area contributed by atoms with Gasteiger partial charge in [0.15, 0.2) is 0 Å². The minimum Gasteiger partial charge on any atom is -0.447 e. The van der Waals surface area contributed by atoms with Crippen LogP contribution in [0, 0.1) is 0 Å². The Morgan fingerprint density at radius 2 is 1.83 bits per heavy atom. The van der Waals surface area contributed by atoms with Crippen LogP contribution in [-0.2, 0) is 16.0 Å². The minimum atomic E-state index is -2.04. The molecule has 2 rings (SSSR count). The highest BCUT2D eigenvalue weighted by Crippen LogP contribution is 2.19. The Morgan fingerprint density at radius 1 is 1.17 bits per heavy atom. The zero-order valence-corrected chi connectivity index (χ0v) is 14.5. The van der Waals surface area contributed by atoms with Gasteiger partial charge in [-0.2, -0.15) is 0 Å². The molecule has 0 radical (unpaired) electrons. The van der Waals surface area contributed by atoms with Crippen LogP contribution in [0.15, 0.2) is 30.3 Å². The van der Waals surface area contributed by atoms with Gasteiger partial charge in [0.1, 0.15) is 6.61 Å². The summed E-state index contributed by atoms with van der Waals surface area (Å²) in [5, 5.41) is 0. The van der Waals surface area contributed by atoms with Gasteiger partial charge < -0.3 is 4.74 Å². The van der Waals surface area contributed by atoms with Crippen molar-refractivity contribution >= 4 is 12.0 Å². The lowest BCUT2D eigenvalue weighted by Gasteiger charge is -2.19. The lowest BCUT2D eigenvalue weighted by Crippen LogP contribution is -2.40. The fourth-order valence-electron chi connectivity index (χ4n) is 2.93. The van der Waals surface area contributed by atoms with Gasteiger partial charge >= 0.3 is 6.09 Å². The smallest absolute Gasteiger partial charge is 0.416 e. The maximum atomic E-state index is 12.7. The molecule has 132 valence electrons. The molecule has 1 fully saturated rings. The molecule has 0 aromatic heterocycles. The molecule has 0 saturated carbocycles. The van der Waals surface area contributed by atoms with Gasteiger partial charge in [-0.3, -0.25) is 4.79 Å². The van der Waals surface area contributed by atoms with Crippen molar-refractivity contribution in [2.75, 3.05) is 6.61 Å². The van der Waals surface area contributed by atoms with Crippen LogP contribution < -0.4 is 0 Å². The van der Waals surface area contributed by atoms with E-state index >= 15 is 0 Å². The maximum Gasteiger partial charge on any atom is 0.416 e. The van der Waals surface area contributed by atoms with Gasteiger partial charge in [-0.1, -0.05) is 75.8 Å². The number of hydrogen-bond acceptors (Lipinski definition) is 3. The summed E-state index contributed by atoms with van der Waals surface area (Å²) in [7, 11) is 0. The summed E-state index contributed by atoms with van der Waals surface area (Å²) in [6.07, 6.45) is 3.95. The fourth-order valence-corrected chi connectivity index (χ4v) is 2.93. The molecule has 1 heterocycles. The van der Waals surface area contributed by atoms with Crippen LogP contribution in [0.5, 0.6) is 0 Å². The number of imide groups is 1. The van der Waals surface area contributed by atoms with Crippen molar-refractivity contribution in [3.63, 3.8) is 0 Å². The highest BCUT2D eigenvalue weighted by molar-refractivity contribution is 5.93. The number of benzene rings is 1. The minimum absolute atomic E-state index is 0.118. The van der Waals surface area contributed by atoms with Gasteiger partial charge in [0.25, 0.3) is 0 Å². The first-order valence-corrected chi connectivity index (χ1v) is 9.00. The molecule has 1 aromatic carbocycles. The third-order valence-electron chi connectivity index (χ3n) is 4.30. The second kappa shape index (κ2) is 10.1. The third-order valence-corrected chi connectivity index (χ3v) is 4.30. The van der Waals surface area contributed by atoms with Crippen LogP contribution in [0.4, 0.5) is 4.79 Å². The number of hydrogen-bond donors (Lipinski definition) is 0. The van der Waals surface area contributed by atoms with E-state index in [1.54, 1.807) is 0 Å². The summed E-state index contributed by atoms with van der Waals surface area (Å²) in [5.41, 5.74) is 0.991. The summed E-state index contributed by atoms with van der Waals surface area (Å²) in [5.74, 6) is -0.769. The van der Waals surface area contributed by atoms with E-state index < -0.39 is 24.4 Å². The van der Waals surface area contributed by atoms with E-state index in [-0.39, 0.29) is 13.0 Å². The monoisotopic (exact) mass is 334 g/mol. The Kier molecular flexibility index (Phi) is 6.61. The molecule has 4 nitrogen and oxygen atoms in total. The lowest BCUT2D eigenvalue weighted by molar-refractivity contribution is -0.129. The second-order valence-corrected chi connectivity index (χ2v) is 6.29. The number of amides is 2. The standard InChI is InChI=1S/C20H29NO3/c1-2-3-4-5-6-7-11-14-19(22)21-18(16-24-20(21)23)15-17-12-9-8-10-13-17/h8-10,12-13,18H,2-7,11,14-16H2,1H3/t18-/m0/s1/i14+1D2. The van der Waals surface area contributed by atoms with E-state index in [2.05, 4.69) is 6.92 Å². The van der Waals surface area contributed by atoms with Crippen molar-refractivity contribution in [2.45, 2.75) is 70.7 Å². The number of ether oxygens (including phenoxy) is 1. The van der Waals surface area contributed by atoms with Crippen LogP contribution in [0.2, 0.25) is 0 Å². The molecule has 24 heavy (non-hydrogen) atoms. The molecule has 2 amide bonds. The lowest BCUT2D eigenvalue weighted by atomic mass is 10.1. The number of nitrogens with zero attached hydrogens (tertiary/aromatic N) is 1. The fraction of sp³-hybridized carbons (Fsp3) is 0.600. The first-order chi connectivity index (χ1) is 12.5. The number of carbonyl (C=O) groups is 2. The Balaban J connectivity index is 1.92. The van der Waals surface area contributed by atoms with Crippen LogP contribution in [0.1, 0.15) is 66.5 Å². The van der Waals surface area contributed by atoms with Gasteiger partial charge in [0.2, 0.25) is 5.91 Å². The molecule has 1 saturated heterocycles. The van der Waals surface area contributed by atoms with Gasteiger partial charge in [0, 0.05) is 9.11 Å². The first-order valence-electron chi connectivity index (χ1n) is 10.00. The highest BCUT2D eigenvalue weighted by Gasteiger charge is 2.37. The molecular weight excluding hydrogens is 303 g/mol. The molecule has 0 spiro atoms. The number of unbranched alkanes of at least 4 members (excludes halogenated alkanes) is 5. The Bertz CT molecular complexity index is 592. The molecule has 0 unspecified atom stereocenters. The molecule has 1 aliphatic heterocycles. The summed E-state index contributed by atoms with van der Waals surface area (Å²) in [6, 6.07) is 9.11. The van der Waals surface area contributed by atoms with Gasteiger partial charge in [-0.05, 0) is 18.4 Å². The van der Waals surface area contributed by atoms with Crippen LogP contribution in [0.25, 0.3) is 0 Å². The maximum absolute atomic E-state index is 12.7. The van der Waals surface area contributed by atoms with E-state index in [1.807, 2.05) is 30.3 Å². The number of carbonyl (C=O) groups excluding carboxylic acids is 2. The normalized spacial score (nSPS) is 19.0. The molecule has 1 aliphatic rings. The molecule has 1 aromatic rings. The SMILES string of the molecule is [2H][13C]([2H])(CCCCCCCC)C(=O)N1C(=O)OC[C@@H]1Cc1ccccc1. The highest BCUT2D eigenvalue weighted by atomic mass is 16.6. The average Bonchev–Trinajstić information content (AvgIpc) is 2.98. The van der Waals surface area contributed by atoms with Crippen molar-refractivity contribution in [2.24, 2.45) is 0 Å². The van der Waals surface area contributed by atoms with Gasteiger partial charge in [-0.15, -0.1) is 0 Å². The Morgan fingerprint density at radius 3 is 2.54 bits per heavy atom. The zero-order chi connectivity index (χ0) is 19.0. The predicted octanol–water partition coefficient (Wildman–Crippen LogP) is 4.72. The van der Waals surface area contributed by atoms with Crippen molar-refractivity contribution in [1.82, 2.24) is 4.90 Å². The summed E-state index contributed by atoms with van der Waals surface area (Å²) in [4.78, 5) is 25.7. The summed E-state index contributed by atoms with van der Waals surface area (Å²) >= 11 is 0. The number of rotatable bonds is 10. The van der Waals surface area contributed by atoms with Crippen molar-refractivity contribution < 1.29 is 17.1 Å². The van der Waals surface area contributed by atoms with Crippen molar-refractivity contribution in [3.8, 4) is 0 Å². The molecule has 0 N–H and O–H groups in total. The zero-order valence-electron chi connectivity index (χ0n) is 16.5. The topological polar surface area (TPSA) is 46.6 Å². The Labute approximate surface area is 148 Å². The molecule has 0 aliphatic carbocycles. The van der Waals surface area contributed by atoms with E-state index in [9.17, 15) is 9.59 Å². The summed E-state index contributed by atoms with van der Waals surface area (Å²) < 4.78 is 21.3. The van der Waals surface area contributed by atoms with E-state index in [1.165, 1.54) is 12.8 Å². The quantitative estimate of drug-likeness (QED) is 0.459. The van der Waals surface area contributed by atoms with Crippen molar-refractivity contribution in [3.05, 3.63) is 35.9 Å². The molecular formula is C20H29NO3. The van der Waals surface area contributed by atoms with E-state index in [0.29, 0.717) is 12.8 Å². The van der Waals surface area contributed by atoms with E-state index in [4.69, 9.17) is 7.48 Å². The van der Waals surface area contributed by atoms with Crippen LogP contribution in [0.3, 0.4) is 0 Å².